The van der Waals surface area contributed by atoms with Crippen LogP contribution in [0.2, 0.25) is 5.02 Å². The molecule has 0 aliphatic heterocycles. The first-order valence-corrected chi connectivity index (χ1v) is 11.4. The van der Waals surface area contributed by atoms with E-state index >= 15 is 0 Å². The van der Waals surface area contributed by atoms with E-state index in [4.69, 9.17) is 16.3 Å². The van der Waals surface area contributed by atoms with Gasteiger partial charge in [0.1, 0.15) is 0 Å². The topological polar surface area (TPSA) is 75.7 Å². The minimum absolute atomic E-state index is 0.107. The average Bonchev–Trinajstić information content (AvgIpc) is 3.11. The highest BCUT2D eigenvalue weighted by Gasteiger charge is 2.22. The third kappa shape index (κ3) is 4.72. The highest BCUT2D eigenvalue weighted by molar-refractivity contribution is 7.92. The van der Waals surface area contributed by atoms with Gasteiger partial charge < -0.3 is 10.1 Å². The minimum atomic E-state index is -3.72. The number of fused-ring (bicyclic) bond motifs is 1. The predicted molar refractivity (Wildman–Crippen MR) is 118 cm³/mol. The summed E-state index contributed by atoms with van der Waals surface area (Å²) in [5.74, 6) is -0.181. The van der Waals surface area contributed by atoms with E-state index in [1.54, 1.807) is 37.4 Å². The van der Waals surface area contributed by atoms with Crippen molar-refractivity contribution in [1.82, 2.24) is 5.32 Å². The molecular weight excluding hydrogens is 432 g/mol. The number of benzene rings is 2. The monoisotopic (exact) mass is 452 g/mol. The van der Waals surface area contributed by atoms with E-state index in [1.807, 2.05) is 13.0 Å². The van der Waals surface area contributed by atoms with Gasteiger partial charge in [0.25, 0.3) is 15.9 Å². The zero-order valence-corrected chi connectivity index (χ0v) is 18.6. The summed E-state index contributed by atoms with van der Waals surface area (Å²) < 4.78 is 32.9. The van der Waals surface area contributed by atoms with Gasteiger partial charge in [0.15, 0.2) is 0 Å². The Morgan fingerprint density at radius 3 is 2.55 bits per heavy atom. The number of carbonyl (C=O) groups excluding carboxylic acids is 1. The normalized spacial score (nSPS) is 12.7. The quantitative estimate of drug-likeness (QED) is 0.584. The number of rotatable bonds is 7. The molecule has 3 aromatic rings. The molecule has 154 valence electrons. The molecule has 9 heteroatoms. The number of hydrogen-bond acceptors (Lipinski definition) is 5. The van der Waals surface area contributed by atoms with Crippen molar-refractivity contribution in [3.63, 3.8) is 0 Å². The van der Waals surface area contributed by atoms with Crippen molar-refractivity contribution in [1.29, 1.82) is 0 Å². The molecule has 6 nitrogen and oxygen atoms in total. The first-order valence-electron chi connectivity index (χ1n) is 8.80. The summed E-state index contributed by atoms with van der Waals surface area (Å²) in [5.41, 5.74) is 0.505. The Balaban J connectivity index is 1.87. The molecule has 0 aliphatic carbocycles. The van der Waals surface area contributed by atoms with Crippen LogP contribution in [0.25, 0.3) is 10.1 Å². The first-order chi connectivity index (χ1) is 13.7. The summed E-state index contributed by atoms with van der Waals surface area (Å²) >= 11 is 7.21. The maximum atomic E-state index is 12.9. The van der Waals surface area contributed by atoms with Gasteiger partial charge in [-0.1, -0.05) is 11.6 Å². The number of thiophene rings is 1. The molecule has 3 rings (SSSR count). The predicted octanol–water partition coefficient (Wildman–Crippen LogP) is 4.14. The number of methoxy groups -OCH3 is 1. The second-order valence-corrected chi connectivity index (χ2v) is 10.1. The highest BCUT2D eigenvalue weighted by atomic mass is 35.5. The molecule has 2 aromatic carbocycles. The van der Waals surface area contributed by atoms with Crippen LogP contribution in [0.1, 0.15) is 16.6 Å². The van der Waals surface area contributed by atoms with Crippen LogP contribution in [-0.4, -0.2) is 41.1 Å². The molecular formula is C20H21ClN2O4S2. The number of carbonyl (C=O) groups is 1. The van der Waals surface area contributed by atoms with Crippen molar-refractivity contribution in [2.45, 2.75) is 17.9 Å². The lowest BCUT2D eigenvalue weighted by Gasteiger charge is -2.19. The molecule has 1 N–H and O–H groups in total. The van der Waals surface area contributed by atoms with Crippen molar-refractivity contribution in [2.75, 3.05) is 25.1 Å². The molecule has 0 spiro atoms. The van der Waals surface area contributed by atoms with Gasteiger partial charge >= 0.3 is 0 Å². The SMILES string of the molecule is COCC(C)NC(=O)c1cc2cc(N(C)S(=O)(=O)c3ccc(Cl)cc3)ccc2s1. The van der Waals surface area contributed by atoms with Crippen LogP contribution in [0.3, 0.4) is 0 Å². The lowest BCUT2D eigenvalue weighted by molar-refractivity contribution is 0.0909. The Morgan fingerprint density at radius 2 is 1.90 bits per heavy atom. The van der Waals surface area contributed by atoms with E-state index in [2.05, 4.69) is 5.32 Å². The average molecular weight is 453 g/mol. The molecule has 29 heavy (non-hydrogen) atoms. The zero-order valence-electron chi connectivity index (χ0n) is 16.2. The molecule has 0 radical (unpaired) electrons. The van der Waals surface area contributed by atoms with Gasteiger partial charge in [-0.3, -0.25) is 9.10 Å². The van der Waals surface area contributed by atoms with Gasteiger partial charge in [-0.25, -0.2) is 8.42 Å². The molecule has 1 unspecified atom stereocenters. The van der Waals surface area contributed by atoms with E-state index in [1.165, 1.54) is 34.8 Å². The number of ether oxygens (including phenoxy) is 1. The largest absolute Gasteiger partial charge is 0.383 e. The van der Waals surface area contributed by atoms with Crippen LogP contribution in [0, 0.1) is 0 Å². The van der Waals surface area contributed by atoms with Crippen LogP contribution in [-0.2, 0) is 14.8 Å². The second-order valence-electron chi connectivity index (χ2n) is 6.59. The molecule has 1 atom stereocenters. The third-order valence-electron chi connectivity index (χ3n) is 4.35. The minimum Gasteiger partial charge on any atom is -0.383 e. The van der Waals surface area contributed by atoms with E-state index in [0.717, 1.165) is 10.1 Å². The van der Waals surface area contributed by atoms with Crippen LogP contribution in [0.5, 0.6) is 0 Å². The third-order valence-corrected chi connectivity index (χ3v) is 7.52. The van der Waals surface area contributed by atoms with Gasteiger partial charge in [0, 0.05) is 29.9 Å². The lowest BCUT2D eigenvalue weighted by atomic mass is 10.2. The van der Waals surface area contributed by atoms with Gasteiger partial charge in [-0.2, -0.15) is 0 Å². The van der Waals surface area contributed by atoms with Crippen LogP contribution in [0.15, 0.2) is 53.4 Å². The molecule has 0 saturated carbocycles. The van der Waals surface area contributed by atoms with Crippen molar-refractivity contribution >= 4 is 54.6 Å². The fourth-order valence-electron chi connectivity index (χ4n) is 2.83. The maximum absolute atomic E-state index is 12.9. The van der Waals surface area contributed by atoms with Gasteiger partial charge in [-0.15, -0.1) is 11.3 Å². The van der Waals surface area contributed by atoms with E-state index < -0.39 is 10.0 Å². The fourth-order valence-corrected chi connectivity index (χ4v) is 5.09. The highest BCUT2D eigenvalue weighted by Crippen LogP contribution is 2.31. The van der Waals surface area contributed by atoms with Crippen molar-refractivity contribution in [2.24, 2.45) is 0 Å². The Hall–Kier alpha value is -2.13. The summed E-state index contributed by atoms with van der Waals surface area (Å²) in [4.78, 5) is 13.1. The number of hydrogen-bond donors (Lipinski definition) is 1. The summed E-state index contributed by atoms with van der Waals surface area (Å²) in [6.45, 7) is 2.29. The number of halogens is 1. The molecule has 0 bridgehead atoms. The van der Waals surface area contributed by atoms with E-state index in [0.29, 0.717) is 22.2 Å². The molecule has 0 saturated heterocycles. The first kappa shape index (κ1) is 21.6. The molecule has 0 fully saturated rings. The van der Waals surface area contributed by atoms with Gasteiger partial charge in [-0.05, 0) is 60.8 Å². The number of nitrogens with zero attached hydrogens (tertiary/aromatic N) is 1. The molecule has 0 aliphatic rings. The summed E-state index contributed by atoms with van der Waals surface area (Å²) in [5, 5.41) is 4.15. The molecule has 1 amide bonds. The van der Waals surface area contributed by atoms with Crippen LogP contribution in [0.4, 0.5) is 5.69 Å². The van der Waals surface area contributed by atoms with Crippen molar-refractivity contribution in [3.05, 3.63) is 58.4 Å². The van der Waals surface area contributed by atoms with Crippen LogP contribution >= 0.6 is 22.9 Å². The number of anilines is 1. The molecule has 1 aromatic heterocycles. The Morgan fingerprint density at radius 1 is 1.21 bits per heavy atom. The smallest absolute Gasteiger partial charge is 0.264 e. The number of amides is 1. The number of sulfonamides is 1. The summed E-state index contributed by atoms with van der Waals surface area (Å²) in [7, 11) is -0.645. The summed E-state index contributed by atoms with van der Waals surface area (Å²) in [6, 6.07) is 13.0. The maximum Gasteiger partial charge on any atom is 0.264 e. The number of nitrogens with one attached hydrogen (secondary N) is 1. The van der Waals surface area contributed by atoms with Gasteiger partial charge in [0.2, 0.25) is 0 Å². The molecule has 1 heterocycles. The summed E-state index contributed by atoms with van der Waals surface area (Å²) in [6.07, 6.45) is 0. The Kier molecular flexibility index (Phi) is 6.48. The zero-order chi connectivity index (χ0) is 21.2. The second kappa shape index (κ2) is 8.71. The van der Waals surface area contributed by atoms with Crippen molar-refractivity contribution in [3.8, 4) is 0 Å². The fraction of sp³-hybridized carbons (Fsp3) is 0.250. The standard InChI is InChI=1S/C20H21ClN2O4S2/c1-13(12-27-3)22-20(24)19-11-14-10-16(6-9-18(14)28-19)23(2)29(25,26)17-7-4-15(21)5-8-17/h4-11,13H,12H2,1-3H3,(H,22,24). The Labute approximate surface area is 179 Å². The van der Waals surface area contributed by atoms with Gasteiger partial charge in [0.05, 0.1) is 22.1 Å². The van der Waals surface area contributed by atoms with Crippen LogP contribution < -0.4 is 9.62 Å². The van der Waals surface area contributed by atoms with E-state index in [9.17, 15) is 13.2 Å². The lowest BCUT2D eigenvalue weighted by Crippen LogP contribution is -2.35. The van der Waals surface area contributed by atoms with Crippen molar-refractivity contribution < 1.29 is 17.9 Å². The Bertz CT molecular complexity index is 1130. The van der Waals surface area contributed by atoms with E-state index in [-0.39, 0.29) is 16.8 Å².